The molecule has 1 saturated heterocycles. The fraction of sp³-hybridized carbons (Fsp3) is 0.400. The molecule has 0 unspecified atom stereocenters. The van der Waals surface area contributed by atoms with Crippen LogP contribution in [0.15, 0.2) is 53.4 Å². The van der Waals surface area contributed by atoms with E-state index in [2.05, 4.69) is 9.46 Å². The first-order valence-corrected chi connectivity index (χ1v) is 11.0. The Bertz CT molecular complexity index is 990. The molecule has 0 spiro atoms. The van der Waals surface area contributed by atoms with E-state index in [0.29, 0.717) is 38.0 Å². The topological polar surface area (TPSA) is 58.6 Å². The second-order valence-corrected chi connectivity index (χ2v) is 8.88. The van der Waals surface area contributed by atoms with Gasteiger partial charge in [0.25, 0.3) is 0 Å². The van der Waals surface area contributed by atoms with E-state index in [1.807, 2.05) is 4.90 Å². The molecule has 11 heteroatoms. The zero-order chi connectivity index (χ0) is 22.6. The van der Waals surface area contributed by atoms with Gasteiger partial charge in [-0.1, -0.05) is 30.3 Å². The molecule has 0 radical (unpaired) electrons. The average Bonchev–Trinajstić information content (AvgIpc) is 2.69. The van der Waals surface area contributed by atoms with Gasteiger partial charge in [-0.05, 0) is 36.6 Å². The molecular weight excluding hydrogens is 443 g/mol. The van der Waals surface area contributed by atoms with Gasteiger partial charge in [-0.15, -0.1) is 0 Å². The summed E-state index contributed by atoms with van der Waals surface area (Å²) < 4.78 is 95.8. The number of nitrogens with zero attached hydrogens (tertiary/aromatic N) is 1. The molecule has 0 atom stereocenters. The Kier molecular flexibility index (Phi) is 7.17. The number of sulfonamides is 1. The summed E-state index contributed by atoms with van der Waals surface area (Å²) in [6, 6.07) is 9.80. The minimum atomic E-state index is -4.41. The maximum atomic E-state index is 12.9. The number of piperidine rings is 1. The lowest BCUT2D eigenvalue weighted by molar-refractivity contribution is -0.137. The van der Waals surface area contributed by atoms with Crippen LogP contribution in [0.25, 0.3) is 0 Å². The molecule has 0 amide bonds. The molecule has 0 aliphatic carbocycles. The van der Waals surface area contributed by atoms with Gasteiger partial charge in [-0.25, -0.2) is 13.1 Å². The summed E-state index contributed by atoms with van der Waals surface area (Å²) in [5, 5.41) is 0. The van der Waals surface area contributed by atoms with Crippen LogP contribution in [-0.2, 0) is 22.7 Å². The van der Waals surface area contributed by atoms with E-state index in [4.69, 9.17) is 0 Å². The molecule has 0 saturated carbocycles. The van der Waals surface area contributed by atoms with Gasteiger partial charge >= 0.3 is 12.8 Å². The van der Waals surface area contributed by atoms with Crippen molar-refractivity contribution in [3.63, 3.8) is 0 Å². The van der Waals surface area contributed by atoms with Crippen LogP contribution in [0.2, 0.25) is 0 Å². The molecule has 2 aromatic rings. The molecule has 0 aromatic heterocycles. The smallest absolute Gasteiger partial charge is 0.416 e. The molecule has 2 aromatic carbocycles. The number of ether oxygens (including phenoxy) is 1. The number of hydrogen-bond acceptors (Lipinski definition) is 4. The molecule has 1 N–H and O–H groups in total. The lowest BCUT2D eigenvalue weighted by Crippen LogP contribution is -2.44. The summed E-state index contributed by atoms with van der Waals surface area (Å²) in [5.74, 6) is -0.438. The molecule has 0 bridgehead atoms. The summed E-state index contributed by atoms with van der Waals surface area (Å²) in [6.45, 7) is -1.90. The molecule has 170 valence electrons. The molecular formula is C20H21F5N2O3S. The third kappa shape index (κ3) is 6.37. The number of rotatable bonds is 7. The van der Waals surface area contributed by atoms with Gasteiger partial charge in [0, 0.05) is 25.7 Å². The number of para-hydroxylation sites is 1. The first-order valence-electron chi connectivity index (χ1n) is 9.49. The summed E-state index contributed by atoms with van der Waals surface area (Å²) in [4.78, 5) is 1.57. The van der Waals surface area contributed by atoms with E-state index in [9.17, 15) is 30.4 Å². The van der Waals surface area contributed by atoms with E-state index >= 15 is 0 Å². The zero-order valence-electron chi connectivity index (χ0n) is 16.3. The van der Waals surface area contributed by atoms with Crippen molar-refractivity contribution in [2.24, 2.45) is 0 Å². The number of halogens is 5. The number of alkyl halides is 5. The van der Waals surface area contributed by atoms with Crippen molar-refractivity contribution in [1.82, 2.24) is 9.62 Å². The van der Waals surface area contributed by atoms with Gasteiger partial charge in [0.05, 0.1) is 5.56 Å². The molecule has 1 heterocycles. The van der Waals surface area contributed by atoms with Crippen LogP contribution in [-0.4, -0.2) is 39.1 Å². The molecule has 5 nitrogen and oxygen atoms in total. The van der Waals surface area contributed by atoms with Gasteiger partial charge in [-0.2, -0.15) is 22.0 Å². The van der Waals surface area contributed by atoms with E-state index in [-0.39, 0.29) is 4.90 Å². The maximum Gasteiger partial charge on any atom is 0.416 e. The van der Waals surface area contributed by atoms with Crippen molar-refractivity contribution in [3.8, 4) is 5.75 Å². The Morgan fingerprint density at radius 2 is 1.74 bits per heavy atom. The van der Waals surface area contributed by atoms with Crippen LogP contribution in [0.1, 0.15) is 24.0 Å². The van der Waals surface area contributed by atoms with Crippen LogP contribution < -0.4 is 9.46 Å². The average molecular weight is 464 g/mol. The minimum Gasteiger partial charge on any atom is -0.433 e. The van der Waals surface area contributed by atoms with Gasteiger partial charge in [0.15, 0.2) is 0 Å². The fourth-order valence-electron chi connectivity index (χ4n) is 3.46. The van der Waals surface area contributed by atoms with Gasteiger partial charge in [-0.3, -0.25) is 4.90 Å². The van der Waals surface area contributed by atoms with Crippen molar-refractivity contribution < 1.29 is 35.1 Å². The van der Waals surface area contributed by atoms with Gasteiger partial charge < -0.3 is 4.74 Å². The van der Waals surface area contributed by atoms with E-state index in [1.165, 1.54) is 24.3 Å². The predicted octanol–water partition coefficient (Wildman–Crippen LogP) is 4.25. The van der Waals surface area contributed by atoms with Crippen molar-refractivity contribution in [2.45, 2.75) is 43.1 Å². The molecule has 31 heavy (non-hydrogen) atoms. The van der Waals surface area contributed by atoms with Crippen LogP contribution in [0.5, 0.6) is 5.75 Å². The fourth-order valence-corrected chi connectivity index (χ4v) is 4.90. The third-order valence-corrected chi connectivity index (χ3v) is 6.48. The van der Waals surface area contributed by atoms with Gasteiger partial charge in [0.2, 0.25) is 10.0 Å². The molecule has 1 fully saturated rings. The van der Waals surface area contributed by atoms with Crippen molar-refractivity contribution in [3.05, 3.63) is 59.7 Å². The standard InChI is InChI=1S/C20H21F5N2O3S/c21-19(22)30-17-6-1-2-7-18(17)31(28,29)26-16-8-10-27(11-9-16)13-14-4-3-5-15(12-14)20(23,24)25/h1-7,12,16,19,26H,8-11,13H2. The Balaban J connectivity index is 1.59. The van der Waals surface area contributed by atoms with Crippen LogP contribution >= 0.6 is 0 Å². The van der Waals surface area contributed by atoms with Crippen molar-refractivity contribution in [2.75, 3.05) is 13.1 Å². The van der Waals surface area contributed by atoms with Crippen LogP contribution in [0, 0.1) is 0 Å². The Morgan fingerprint density at radius 3 is 2.39 bits per heavy atom. The second-order valence-electron chi connectivity index (χ2n) is 7.20. The monoisotopic (exact) mass is 464 g/mol. The SMILES string of the molecule is O=S(=O)(NC1CCN(Cc2cccc(C(F)(F)F)c2)CC1)c1ccccc1OC(F)F. The highest BCUT2D eigenvalue weighted by atomic mass is 32.2. The second kappa shape index (κ2) is 9.49. The van der Waals surface area contributed by atoms with E-state index in [1.54, 1.807) is 6.07 Å². The molecule has 3 rings (SSSR count). The maximum absolute atomic E-state index is 12.9. The number of benzene rings is 2. The predicted molar refractivity (Wildman–Crippen MR) is 103 cm³/mol. The largest absolute Gasteiger partial charge is 0.433 e. The first-order chi connectivity index (χ1) is 14.5. The Hall–Kier alpha value is -2.24. The molecule has 1 aliphatic rings. The van der Waals surface area contributed by atoms with Crippen molar-refractivity contribution >= 4 is 10.0 Å². The summed E-state index contributed by atoms with van der Waals surface area (Å²) in [7, 11) is -4.09. The van der Waals surface area contributed by atoms with Crippen LogP contribution in [0.3, 0.4) is 0 Å². The highest BCUT2D eigenvalue weighted by Crippen LogP contribution is 2.30. The van der Waals surface area contributed by atoms with E-state index < -0.39 is 40.2 Å². The summed E-state index contributed by atoms with van der Waals surface area (Å²) in [6.07, 6.45) is -3.56. The van der Waals surface area contributed by atoms with Crippen molar-refractivity contribution in [1.29, 1.82) is 0 Å². The lowest BCUT2D eigenvalue weighted by atomic mass is 10.0. The quantitative estimate of drug-likeness (QED) is 0.623. The molecule has 1 aliphatic heterocycles. The number of nitrogens with one attached hydrogen (secondary N) is 1. The highest BCUT2D eigenvalue weighted by molar-refractivity contribution is 7.89. The summed E-state index contributed by atoms with van der Waals surface area (Å²) in [5.41, 5.74) is -0.191. The highest BCUT2D eigenvalue weighted by Gasteiger charge is 2.31. The Labute approximate surface area is 176 Å². The zero-order valence-corrected chi connectivity index (χ0v) is 17.1. The first kappa shape index (κ1) is 23.4. The summed E-state index contributed by atoms with van der Waals surface area (Å²) >= 11 is 0. The number of hydrogen-bond donors (Lipinski definition) is 1. The van der Waals surface area contributed by atoms with E-state index in [0.717, 1.165) is 18.2 Å². The van der Waals surface area contributed by atoms with Crippen LogP contribution in [0.4, 0.5) is 22.0 Å². The third-order valence-electron chi connectivity index (χ3n) is 4.92. The normalized spacial score (nSPS) is 16.6. The van der Waals surface area contributed by atoms with Gasteiger partial charge in [0.1, 0.15) is 10.6 Å². The number of likely N-dealkylation sites (tertiary alicyclic amines) is 1. The lowest BCUT2D eigenvalue weighted by Gasteiger charge is -2.32. The Morgan fingerprint density at radius 1 is 1.06 bits per heavy atom. The minimum absolute atomic E-state index is 0.314.